The number of nitrogen functional groups attached to an aromatic ring is 1. The van der Waals surface area contributed by atoms with Crippen molar-refractivity contribution in [2.45, 2.75) is 11.3 Å². The lowest BCUT2D eigenvalue weighted by atomic mass is 10.2. The number of sulfonamides is 1. The van der Waals surface area contributed by atoms with Crippen LogP contribution < -0.4 is 10.5 Å². The number of anilines is 1. The van der Waals surface area contributed by atoms with Crippen LogP contribution in [0.2, 0.25) is 5.02 Å². The average molecular weight is 329 g/mol. The summed E-state index contributed by atoms with van der Waals surface area (Å²) < 4.78 is 40.0. The Balaban J connectivity index is 2.06. The molecule has 2 rings (SSSR count). The van der Waals surface area contributed by atoms with Crippen molar-refractivity contribution in [1.29, 1.82) is 0 Å². The van der Waals surface area contributed by atoms with Gasteiger partial charge in [-0.05, 0) is 42.3 Å². The first-order valence-corrected chi connectivity index (χ1v) is 8.04. The van der Waals surface area contributed by atoms with Crippen LogP contribution in [0.1, 0.15) is 5.56 Å². The van der Waals surface area contributed by atoms with E-state index in [2.05, 4.69) is 4.72 Å². The summed E-state index contributed by atoms with van der Waals surface area (Å²) in [5.74, 6) is -0.834. The SMILES string of the molecule is Nc1ccc(F)c(S(=O)(=O)NCCc2cccc(Cl)c2)c1. The van der Waals surface area contributed by atoms with Crippen molar-refractivity contribution in [3.05, 3.63) is 58.9 Å². The van der Waals surface area contributed by atoms with Gasteiger partial charge >= 0.3 is 0 Å². The predicted molar refractivity (Wildman–Crippen MR) is 81.2 cm³/mol. The highest BCUT2D eigenvalue weighted by Gasteiger charge is 2.18. The molecule has 2 aromatic carbocycles. The van der Waals surface area contributed by atoms with Gasteiger partial charge in [-0.15, -0.1) is 0 Å². The molecule has 4 nitrogen and oxygen atoms in total. The van der Waals surface area contributed by atoms with E-state index in [-0.39, 0.29) is 12.2 Å². The summed E-state index contributed by atoms with van der Waals surface area (Å²) >= 11 is 5.85. The molecule has 0 aliphatic heterocycles. The van der Waals surface area contributed by atoms with E-state index in [0.29, 0.717) is 11.4 Å². The molecule has 0 amide bonds. The van der Waals surface area contributed by atoms with Crippen LogP contribution >= 0.6 is 11.6 Å². The average Bonchev–Trinajstić information content (AvgIpc) is 2.41. The molecule has 112 valence electrons. The largest absolute Gasteiger partial charge is 0.399 e. The molecule has 0 saturated carbocycles. The molecule has 0 bridgehead atoms. The van der Waals surface area contributed by atoms with Crippen LogP contribution in [0.3, 0.4) is 0 Å². The van der Waals surface area contributed by atoms with Gasteiger partial charge in [0, 0.05) is 17.3 Å². The van der Waals surface area contributed by atoms with Gasteiger partial charge in [-0.3, -0.25) is 0 Å². The minimum absolute atomic E-state index is 0.136. The van der Waals surface area contributed by atoms with Gasteiger partial charge in [0.25, 0.3) is 0 Å². The van der Waals surface area contributed by atoms with Crippen LogP contribution in [0.4, 0.5) is 10.1 Å². The molecule has 0 radical (unpaired) electrons. The molecule has 7 heteroatoms. The fourth-order valence-electron chi connectivity index (χ4n) is 1.83. The molecule has 2 aromatic rings. The number of nitrogens with two attached hydrogens (primary N) is 1. The van der Waals surface area contributed by atoms with Crippen molar-refractivity contribution >= 4 is 27.3 Å². The van der Waals surface area contributed by atoms with Crippen LogP contribution in [-0.2, 0) is 16.4 Å². The fraction of sp³-hybridized carbons (Fsp3) is 0.143. The third-order valence-corrected chi connectivity index (χ3v) is 4.55. The van der Waals surface area contributed by atoms with Crippen LogP contribution in [0, 0.1) is 5.82 Å². The van der Waals surface area contributed by atoms with E-state index in [1.165, 1.54) is 6.07 Å². The van der Waals surface area contributed by atoms with E-state index < -0.39 is 20.7 Å². The molecule has 0 saturated heterocycles. The standard InChI is InChI=1S/C14H14ClFN2O2S/c15-11-3-1-2-10(8-11)6-7-18-21(19,20)14-9-12(17)4-5-13(14)16/h1-5,8-9,18H,6-7,17H2. The van der Waals surface area contributed by atoms with Gasteiger partial charge < -0.3 is 5.73 Å². The van der Waals surface area contributed by atoms with E-state index in [4.69, 9.17) is 17.3 Å². The number of benzene rings is 2. The van der Waals surface area contributed by atoms with Gasteiger partial charge in [0.05, 0.1) is 0 Å². The van der Waals surface area contributed by atoms with Crippen molar-refractivity contribution in [3.8, 4) is 0 Å². The highest BCUT2D eigenvalue weighted by Crippen LogP contribution is 2.17. The van der Waals surface area contributed by atoms with Gasteiger partial charge in [0.2, 0.25) is 10.0 Å². The van der Waals surface area contributed by atoms with Crippen molar-refractivity contribution in [3.63, 3.8) is 0 Å². The highest BCUT2D eigenvalue weighted by molar-refractivity contribution is 7.89. The monoisotopic (exact) mass is 328 g/mol. The van der Waals surface area contributed by atoms with Gasteiger partial charge in [-0.25, -0.2) is 17.5 Å². The second-order valence-electron chi connectivity index (χ2n) is 4.47. The first-order valence-electron chi connectivity index (χ1n) is 6.17. The van der Waals surface area contributed by atoms with Crippen molar-refractivity contribution < 1.29 is 12.8 Å². The minimum Gasteiger partial charge on any atom is -0.399 e. The topological polar surface area (TPSA) is 72.2 Å². The van der Waals surface area contributed by atoms with Crippen LogP contribution in [-0.4, -0.2) is 15.0 Å². The summed E-state index contributed by atoms with van der Waals surface area (Å²) in [4.78, 5) is -0.450. The Labute approximate surface area is 127 Å². The smallest absolute Gasteiger partial charge is 0.243 e. The Bertz CT molecular complexity index is 750. The summed E-state index contributed by atoms with van der Waals surface area (Å²) in [6.45, 7) is 0.136. The zero-order chi connectivity index (χ0) is 15.5. The second kappa shape index (κ2) is 6.43. The van der Waals surface area contributed by atoms with Crippen molar-refractivity contribution in [2.75, 3.05) is 12.3 Å². The molecular weight excluding hydrogens is 315 g/mol. The van der Waals surface area contributed by atoms with Crippen LogP contribution in [0.25, 0.3) is 0 Å². The van der Waals surface area contributed by atoms with E-state index in [1.807, 2.05) is 6.07 Å². The lowest BCUT2D eigenvalue weighted by molar-refractivity contribution is 0.557. The van der Waals surface area contributed by atoms with Gasteiger partial charge in [0.15, 0.2) is 0 Å². The van der Waals surface area contributed by atoms with Gasteiger partial charge in [-0.1, -0.05) is 23.7 Å². The fourth-order valence-corrected chi connectivity index (χ4v) is 3.18. The lowest BCUT2D eigenvalue weighted by Gasteiger charge is -2.08. The summed E-state index contributed by atoms with van der Waals surface area (Å²) in [5.41, 5.74) is 6.56. The van der Waals surface area contributed by atoms with E-state index in [0.717, 1.165) is 17.7 Å². The molecule has 0 spiro atoms. The predicted octanol–water partition coefficient (Wildman–Crippen LogP) is 2.58. The zero-order valence-corrected chi connectivity index (χ0v) is 12.6. The van der Waals surface area contributed by atoms with E-state index in [1.54, 1.807) is 18.2 Å². The quantitative estimate of drug-likeness (QED) is 0.829. The molecule has 0 aromatic heterocycles. The molecule has 0 aliphatic carbocycles. The summed E-state index contributed by atoms with van der Waals surface area (Å²) in [6, 6.07) is 10.5. The molecular formula is C14H14ClFN2O2S. The minimum atomic E-state index is -3.93. The number of hydrogen-bond donors (Lipinski definition) is 2. The lowest BCUT2D eigenvalue weighted by Crippen LogP contribution is -2.27. The van der Waals surface area contributed by atoms with E-state index in [9.17, 15) is 12.8 Å². The summed E-state index contributed by atoms with van der Waals surface area (Å²) in [6.07, 6.45) is 0.448. The summed E-state index contributed by atoms with van der Waals surface area (Å²) in [5, 5.41) is 0.581. The maximum atomic E-state index is 13.6. The van der Waals surface area contributed by atoms with Crippen molar-refractivity contribution in [1.82, 2.24) is 4.72 Å². The molecule has 21 heavy (non-hydrogen) atoms. The van der Waals surface area contributed by atoms with Crippen LogP contribution in [0.5, 0.6) is 0 Å². The number of halogens is 2. The van der Waals surface area contributed by atoms with Crippen molar-refractivity contribution in [2.24, 2.45) is 0 Å². The Kier molecular flexibility index (Phi) is 4.82. The van der Waals surface area contributed by atoms with Gasteiger partial charge in [-0.2, -0.15) is 0 Å². The second-order valence-corrected chi connectivity index (χ2v) is 6.64. The van der Waals surface area contributed by atoms with Gasteiger partial charge in [0.1, 0.15) is 10.7 Å². The maximum Gasteiger partial charge on any atom is 0.243 e. The first-order chi connectivity index (χ1) is 9.88. The Morgan fingerprint density at radius 3 is 2.67 bits per heavy atom. The highest BCUT2D eigenvalue weighted by atomic mass is 35.5. The molecule has 0 heterocycles. The zero-order valence-electron chi connectivity index (χ0n) is 11.0. The number of nitrogens with one attached hydrogen (secondary N) is 1. The summed E-state index contributed by atoms with van der Waals surface area (Å²) in [7, 11) is -3.93. The number of rotatable bonds is 5. The molecule has 0 fully saturated rings. The molecule has 3 N–H and O–H groups in total. The third-order valence-electron chi connectivity index (χ3n) is 2.84. The molecule has 0 atom stereocenters. The van der Waals surface area contributed by atoms with Crippen LogP contribution in [0.15, 0.2) is 47.4 Å². The Hall–Kier alpha value is -1.63. The molecule has 0 aliphatic rings. The first kappa shape index (κ1) is 15.8. The third kappa shape index (κ3) is 4.17. The Morgan fingerprint density at radius 1 is 1.19 bits per heavy atom. The Morgan fingerprint density at radius 2 is 1.95 bits per heavy atom. The number of hydrogen-bond acceptors (Lipinski definition) is 3. The van der Waals surface area contributed by atoms with E-state index >= 15 is 0 Å². The normalized spacial score (nSPS) is 11.5. The molecule has 0 unspecified atom stereocenters. The maximum absolute atomic E-state index is 13.6.